The van der Waals surface area contributed by atoms with Crippen molar-refractivity contribution in [1.82, 2.24) is 5.32 Å². The molecule has 0 radical (unpaired) electrons. The molecule has 0 fully saturated rings. The molecule has 1 heterocycles. The summed E-state index contributed by atoms with van der Waals surface area (Å²) in [5, 5.41) is 3.15. The van der Waals surface area contributed by atoms with Gasteiger partial charge in [0, 0.05) is 0 Å². The predicted octanol–water partition coefficient (Wildman–Crippen LogP) is 1.53. The van der Waals surface area contributed by atoms with Gasteiger partial charge in [0.15, 0.2) is 11.5 Å². The van der Waals surface area contributed by atoms with Crippen molar-refractivity contribution >= 4 is 0 Å². The molecule has 1 aliphatic heterocycles. The first-order valence-corrected chi connectivity index (χ1v) is 5.35. The average molecular weight is 207 g/mol. The molecule has 3 nitrogen and oxygen atoms in total. The summed E-state index contributed by atoms with van der Waals surface area (Å²) in [6.45, 7) is 4.39. The van der Waals surface area contributed by atoms with Gasteiger partial charge >= 0.3 is 0 Å². The predicted molar refractivity (Wildman–Crippen MR) is 59.8 cm³/mol. The third-order valence-electron chi connectivity index (χ3n) is 2.71. The monoisotopic (exact) mass is 207 g/mol. The molecule has 0 spiro atoms. The second-order valence-corrected chi connectivity index (χ2v) is 3.73. The van der Waals surface area contributed by atoms with Crippen LogP contribution >= 0.6 is 0 Å². The van der Waals surface area contributed by atoms with Gasteiger partial charge in [-0.2, -0.15) is 0 Å². The number of nitrogens with one attached hydrogen (secondary N) is 1. The summed E-state index contributed by atoms with van der Waals surface area (Å²) in [7, 11) is 1.97. The molecule has 0 bridgehead atoms. The summed E-state index contributed by atoms with van der Waals surface area (Å²) in [5.74, 6) is 1.81. The first-order chi connectivity index (χ1) is 7.33. The van der Waals surface area contributed by atoms with Crippen LogP contribution in [0, 0.1) is 6.92 Å². The SMILES string of the molecule is CNCCc1ccc2c(c1C)OCCO2. The van der Waals surface area contributed by atoms with Crippen LogP contribution in [-0.4, -0.2) is 26.8 Å². The lowest BCUT2D eigenvalue weighted by Crippen LogP contribution is -2.17. The highest BCUT2D eigenvalue weighted by molar-refractivity contribution is 5.50. The van der Waals surface area contributed by atoms with Crippen LogP contribution in [-0.2, 0) is 6.42 Å². The van der Waals surface area contributed by atoms with E-state index in [1.54, 1.807) is 0 Å². The van der Waals surface area contributed by atoms with Crippen LogP contribution in [0.2, 0.25) is 0 Å². The Morgan fingerprint density at radius 2 is 2.07 bits per heavy atom. The Bertz CT molecular complexity index is 350. The molecule has 1 aromatic carbocycles. The third-order valence-corrected chi connectivity index (χ3v) is 2.71. The maximum absolute atomic E-state index is 5.63. The molecule has 0 atom stereocenters. The molecule has 0 aliphatic carbocycles. The van der Waals surface area contributed by atoms with E-state index in [0.717, 1.165) is 24.5 Å². The van der Waals surface area contributed by atoms with Crippen molar-refractivity contribution < 1.29 is 9.47 Å². The Morgan fingerprint density at radius 3 is 2.87 bits per heavy atom. The van der Waals surface area contributed by atoms with Gasteiger partial charge in [0.05, 0.1) is 0 Å². The van der Waals surface area contributed by atoms with Gasteiger partial charge in [-0.1, -0.05) is 6.07 Å². The van der Waals surface area contributed by atoms with Crippen LogP contribution < -0.4 is 14.8 Å². The number of fused-ring (bicyclic) bond motifs is 1. The molecule has 1 N–H and O–H groups in total. The van der Waals surface area contributed by atoms with Crippen LogP contribution in [0.3, 0.4) is 0 Å². The Kier molecular flexibility index (Phi) is 3.11. The lowest BCUT2D eigenvalue weighted by molar-refractivity contribution is 0.170. The largest absolute Gasteiger partial charge is 0.486 e. The van der Waals surface area contributed by atoms with E-state index in [0.29, 0.717) is 13.2 Å². The van der Waals surface area contributed by atoms with Crippen LogP contribution in [0.15, 0.2) is 12.1 Å². The van der Waals surface area contributed by atoms with E-state index in [-0.39, 0.29) is 0 Å². The van der Waals surface area contributed by atoms with E-state index in [1.807, 2.05) is 13.1 Å². The molecular weight excluding hydrogens is 190 g/mol. The Balaban J connectivity index is 2.26. The normalized spacial score (nSPS) is 14.0. The average Bonchev–Trinajstić information content (AvgIpc) is 2.29. The third kappa shape index (κ3) is 2.07. The van der Waals surface area contributed by atoms with Gasteiger partial charge in [0.1, 0.15) is 13.2 Å². The van der Waals surface area contributed by atoms with E-state index < -0.39 is 0 Å². The highest BCUT2D eigenvalue weighted by atomic mass is 16.6. The van der Waals surface area contributed by atoms with Gasteiger partial charge in [-0.15, -0.1) is 0 Å². The van der Waals surface area contributed by atoms with Crippen molar-refractivity contribution in [2.45, 2.75) is 13.3 Å². The molecule has 0 unspecified atom stereocenters. The molecule has 0 saturated carbocycles. The summed E-state index contributed by atoms with van der Waals surface area (Å²) >= 11 is 0. The number of likely N-dealkylation sites (N-methyl/N-ethyl adjacent to an activating group) is 1. The summed E-state index contributed by atoms with van der Waals surface area (Å²) in [4.78, 5) is 0. The van der Waals surface area contributed by atoms with Gasteiger partial charge in [0.25, 0.3) is 0 Å². The summed E-state index contributed by atoms with van der Waals surface area (Å²) < 4.78 is 11.2. The Hall–Kier alpha value is -1.22. The molecule has 0 aromatic heterocycles. The molecule has 3 heteroatoms. The fourth-order valence-electron chi connectivity index (χ4n) is 1.83. The zero-order valence-corrected chi connectivity index (χ0v) is 9.30. The van der Waals surface area contributed by atoms with E-state index in [4.69, 9.17) is 9.47 Å². The zero-order valence-electron chi connectivity index (χ0n) is 9.30. The van der Waals surface area contributed by atoms with Crippen molar-refractivity contribution in [3.8, 4) is 11.5 Å². The Labute approximate surface area is 90.4 Å². The van der Waals surface area contributed by atoms with Gasteiger partial charge < -0.3 is 14.8 Å². The number of hydrogen-bond donors (Lipinski definition) is 1. The molecular formula is C12H17NO2. The van der Waals surface area contributed by atoms with E-state index in [1.165, 1.54) is 11.1 Å². The van der Waals surface area contributed by atoms with Crippen LogP contribution in [0.4, 0.5) is 0 Å². The maximum atomic E-state index is 5.63. The minimum absolute atomic E-state index is 0.655. The van der Waals surface area contributed by atoms with Crippen molar-refractivity contribution in [3.05, 3.63) is 23.3 Å². The topological polar surface area (TPSA) is 30.5 Å². The highest BCUT2D eigenvalue weighted by Crippen LogP contribution is 2.35. The number of rotatable bonds is 3. The molecule has 0 amide bonds. The molecule has 0 saturated heterocycles. The number of ether oxygens (including phenoxy) is 2. The van der Waals surface area contributed by atoms with Gasteiger partial charge in [0.2, 0.25) is 0 Å². The maximum Gasteiger partial charge on any atom is 0.164 e. The molecule has 1 aromatic rings. The van der Waals surface area contributed by atoms with Crippen molar-refractivity contribution in [2.24, 2.45) is 0 Å². The first-order valence-electron chi connectivity index (χ1n) is 5.35. The summed E-state index contributed by atoms with van der Waals surface area (Å²) in [5.41, 5.74) is 2.54. The number of benzene rings is 1. The second kappa shape index (κ2) is 4.53. The summed E-state index contributed by atoms with van der Waals surface area (Å²) in [6, 6.07) is 4.13. The van der Waals surface area contributed by atoms with E-state index in [9.17, 15) is 0 Å². The second-order valence-electron chi connectivity index (χ2n) is 3.73. The van der Waals surface area contributed by atoms with Crippen LogP contribution in [0.1, 0.15) is 11.1 Å². The highest BCUT2D eigenvalue weighted by Gasteiger charge is 2.15. The quantitative estimate of drug-likeness (QED) is 0.815. The van der Waals surface area contributed by atoms with Gasteiger partial charge in [-0.05, 0) is 44.1 Å². The molecule has 82 valence electrons. The van der Waals surface area contributed by atoms with E-state index in [2.05, 4.69) is 18.3 Å². The van der Waals surface area contributed by atoms with E-state index >= 15 is 0 Å². The number of hydrogen-bond acceptors (Lipinski definition) is 3. The van der Waals surface area contributed by atoms with Crippen molar-refractivity contribution in [3.63, 3.8) is 0 Å². The zero-order chi connectivity index (χ0) is 10.7. The molecule has 1 aliphatic rings. The molecule has 2 rings (SSSR count). The van der Waals surface area contributed by atoms with Crippen molar-refractivity contribution in [2.75, 3.05) is 26.8 Å². The van der Waals surface area contributed by atoms with Gasteiger partial charge in [-0.25, -0.2) is 0 Å². The smallest absolute Gasteiger partial charge is 0.164 e. The minimum atomic E-state index is 0.655. The van der Waals surface area contributed by atoms with Crippen LogP contribution in [0.5, 0.6) is 11.5 Å². The fourth-order valence-corrected chi connectivity index (χ4v) is 1.83. The lowest BCUT2D eigenvalue weighted by atomic mass is 10.0. The molecule has 15 heavy (non-hydrogen) atoms. The minimum Gasteiger partial charge on any atom is -0.486 e. The van der Waals surface area contributed by atoms with Crippen molar-refractivity contribution in [1.29, 1.82) is 0 Å². The fraction of sp³-hybridized carbons (Fsp3) is 0.500. The first kappa shape index (κ1) is 10.3. The Morgan fingerprint density at radius 1 is 1.27 bits per heavy atom. The standard InChI is InChI=1S/C12H17NO2/c1-9-10(5-6-13-2)3-4-11-12(9)15-8-7-14-11/h3-4,13H,5-8H2,1-2H3. The lowest BCUT2D eigenvalue weighted by Gasteiger charge is -2.21. The summed E-state index contributed by atoms with van der Waals surface area (Å²) in [6.07, 6.45) is 1.03. The van der Waals surface area contributed by atoms with Gasteiger partial charge in [-0.3, -0.25) is 0 Å². The van der Waals surface area contributed by atoms with Crippen LogP contribution in [0.25, 0.3) is 0 Å².